The lowest BCUT2D eigenvalue weighted by Gasteiger charge is -2.00. The second-order valence-electron chi connectivity index (χ2n) is 4.55. The van der Waals surface area contributed by atoms with Gasteiger partial charge < -0.3 is 5.11 Å². The van der Waals surface area contributed by atoms with Crippen LogP contribution in [-0.2, 0) is 0 Å². The Labute approximate surface area is 144 Å². The molecule has 6 nitrogen and oxygen atoms in total. The minimum absolute atomic E-state index is 0.126. The highest BCUT2D eigenvalue weighted by molar-refractivity contribution is 7.11. The first-order valence-electron chi connectivity index (χ1n) is 6.26. The molecule has 9 heteroatoms. The summed E-state index contributed by atoms with van der Waals surface area (Å²) in [5.74, 6) is -0.128. The van der Waals surface area contributed by atoms with E-state index in [-0.39, 0.29) is 15.8 Å². The van der Waals surface area contributed by atoms with Crippen LogP contribution in [0.2, 0.25) is 10.0 Å². The molecule has 2 aromatic heterocycles. The van der Waals surface area contributed by atoms with Crippen LogP contribution in [0.1, 0.15) is 11.3 Å². The molecule has 0 radical (unpaired) electrons. The third-order valence-electron chi connectivity index (χ3n) is 3.03. The number of halogens is 2. The molecule has 0 fully saturated rings. The summed E-state index contributed by atoms with van der Waals surface area (Å²) in [6, 6.07) is 6.46. The predicted octanol–water partition coefficient (Wildman–Crippen LogP) is 5.30. The van der Waals surface area contributed by atoms with E-state index in [1.54, 1.807) is 13.0 Å². The minimum atomic E-state index is -0.128. The molecule has 3 aromatic rings. The van der Waals surface area contributed by atoms with Gasteiger partial charge in [0.2, 0.25) is 0 Å². The van der Waals surface area contributed by atoms with E-state index in [1.807, 2.05) is 0 Å². The van der Waals surface area contributed by atoms with Crippen molar-refractivity contribution in [3.63, 3.8) is 0 Å². The van der Waals surface area contributed by atoms with E-state index in [1.165, 1.54) is 12.1 Å². The summed E-state index contributed by atoms with van der Waals surface area (Å²) in [4.78, 5) is 4.26. The van der Waals surface area contributed by atoms with E-state index >= 15 is 0 Å². The number of rotatable bonds is 2. The standard InChI is InChI=1S/C14H7Cl2N5OS/c1-6-7(5-17)2-8-13(18-6)21-23-14(8)20-19-11-3-10(16)12(22)4-9(11)15/h2-4,22H,1H3. The number of aryl methyl sites for hydroxylation is 1. The number of fused-ring (bicyclic) bond motifs is 1. The largest absolute Gasteiger partial charge is 0.506 e. The van der Waals surface area contributed by atoms with Gasteiger partial charge in [-0.25, -0.2) is 4.98 Å². The zero-order chi connectivity index (χ0) is 16.6. The maximum absolute atomic E-state index is 9.47. The summed E-state index contributed by atoms with van der Waals surface area (Å²) in [7, 11) is 0. The summed E-state index contributed by atoms with van der Waals surface area (Å²) in [5, 5.41) is 28.2. The van der Waals surface area contributed by atoms with Crippen molar-refractivity contribution in [2.45, 2.75) is 6.92 Å². The number of hydrogen-bond donors (Lipinski definition) is 1. The van der Waals surface area contributed by atoms with Gasteiger partial charge in [0, 0.05) is 6.07 Å². The van der Waals surface area contributed by atoms with Crippen LogP contribution < -0.4 is 0 Å². The Hall–Kier alpha value is -2.27. The molecule has 1 aromatic carbocycles. The van der Waals surface area contributed by atoms with Gasteiger partial charge in [-0.15, -0.1) is 10.2 Å². The Morgan fingerprint density at radius 2 is 2.00 bits per heavy atom. The second-order valence-corrected chi connectivity index (χ2v) is 6.11. The van der Waals surface area contributed by atoms with Crippen molar-refractivity contribution in [2.75, 3.05) is 0 Å². The number of hydrogen-bond acceptors (Lipinski definition) is 7. The van der Waals surface area contributed by atoms with E-state index < -0.39 is 0 Å². The van der Waals surface area contributed by atoms with Crippen LogP contribution in [0.15, 0.2) is 28.4 Å². The molecule has 0 amide bonds. The molecule has 2 heterocycles. The first-order chi connectivity index (χ1) is 11.0. The smallest absolute Gasteiger partial charge is 0.175 e. The highest BCUT2D eigenvalue weighted by Gasteiger charge is 2.11. The van der Waals surface area contributed by atoms with Crippen molar-refractivity contribution < 1.29 is 5.11 Å². The van der Waals surface area contributed by atoms with Crippen LogP contribution in [0.4, 0.5) is 10.7 Å². The monoisotopic (exact) mass is 363 g/mol. The number of pyridine rings is 1. The molecule has 1 N–H and O–H groups in total. The summed E-state index contributed by atoms with van der Waals surface area (Å²) in [6.07, 6.45) is 0. The average Bonchev–Trinajstić information content (AvgIpc) is 2.90. The van der Waals surface area contributed by atoms with E-state index in [9.17, 15) is 5.11 Å². The van der Waals surface area contributed by atoms with Crippen molar-refractivity contribution in [1.82, 2.24) is 9.36 Å². The first kappa shape index (κ1) is 15.6. The zero-order valence-corrected chi connectivity index (χ0v) is 13.9. The molecular weight excluding hydrogens is 357 g/mol. The summed E-state index contributed by atoms with van der Waals surface area (Å²) in [6.45, 7) is 1.75. The Bertz CT molecular complexity index is 993. The number of nitrogens with zero attached hydrogens (tertiary/aromatic N) is 5. The van der Waals surface area contributed by atoms with E-state index in [0.717, 1.165) is 11.5 Å². The number of azo groups is 1. The second kappa shape index (κ2) is 6.08. The minimum Gasteiger partial charge on any atom is -0.506 e. The van der Waals surface area contributed by atoms with Crippen molar-refractivity contribution in [3.8, 4) is 11.8 Å². The van der Waals surface area contributed by atoms with Gasteiger partial charge in [0.25, 0.3) is 0 Å². The van der Waals surface area contributed by atoms with E-state index in [2.05, 4.69) is 25.7 Å². The van der Waals surface area contributed by atoms with Gasteiger partial charge in [0.15, 0.2) is 10.6 Å². The highest BCUT2D eigenvalue weighted by atomic mass is 35.5. The molecule has 0 aliphatic heterocycles. The maximum Gasteiger partial charge on any atom is 0.175 e. The van der Waals surface area contributed by atoms with Gasteiger partial charge in [-0.2, -0.15) is 9.64 Å². The molecule has 3 rings (SSSR count). The van der Waals surface area contributed by atoms with Gasteiger partial charge in [0.1, 0.15) is 17.5 Å². The molecule has 0 spiro atoms. The van der Waals surface area contributed by atoms with Crippen LogP contribution in [0.3, 0.4) is 0 Å². The average molecular weight is 364 g/mol. The maximum atomic E-state index is 9.47. The quantitative estimate of drug-likeness (QED) is 0.624. The Morgan fingerprint density at radius 3 is 2.74 bits per heavy atom. The van der Waals surface area contributed by atoms with Gasteiger partial charge in [-0.3, -0.25) is 0 Å². The molecule has 0 saturated carbocycles. The lowest BCUT2D eigenvalue weighted by molar-refractivity contribution is 0.475. The Kier molecular flexibility index (Phi) is 4.13. The SMILES string of the molecule is Cc1nc2nsc(N=Nc3cc(Cl)c(O)cc3Cl)c2cc1C#N. The van der Waals surface area contributed by atoms with Gasteiger partial charge >= 0.3 is 0 Å². The molecule has 0 atom stereocenters. The molecule has 114 valence electrons. The highest BCUT2D eigenvalue weighted by Crippen LogP contribution is 2.37. The molecular formula is C14H7Cl2N5OS. The van der Waals surface area contributed by atoms with Crippen LogP contribution in [0.5, 0.6) is 5.75 Å². The first-order valence-corrected chi connectivity index (χ1v) is 7.79. The number of benzene rings is 1. The summed E-state index contributed by atoms with van der Waals surface area (Å²) >= 11 is 12.9. The van der Waals surface area contributed by atoms with Crippen LogP contribution in [0.25, 0.3) is 11.0 Å². The molecule has 0 unspecified atom stereocenters. The normalized spacial score (nSPS) is 11.2. The number of aromatic nitrogens is 2. The molecule has 0 bridgehead atoms. The van der Waals surface area contributed by atoms with Crippen LogP contribution >= 0.6 is 34.7 Å². The van der Waals surface area contributed by atoms with Crippen LogP contribution in [-0.4, -0.2) is 14.5 Å². The summed E-state index contributed by atoms with van der Waals surface area (Å²) < 4.78 is 4.19. The molecule has 23 heavy (non-hydrogen) atoms. The molecule has 0 aliphatic carbocycles. The fraction of sp³-hybridized carbons (Fsp3) is 0.0714. The van der Waals surface area contributed by atoms with Crippen molar-refractivity contribution in [3.05, 3.63) is 39.5 Å². The zero-order valence-electron chi connectivity index (χ0n) is 11.6. The Balaban J connectivity index is 2.05. The van der Waals surface area contributed by atoms with Crippen molar-refractivity contribution in [1.29, 1.82) is 5.26 Å². The van der Waals surface area contributed by atoms with E-state index in [4.69, 9.17) is 28.5 Å². The fourth-order valence-corrected chi connectivity index (χ4v) is 2.83. The number of phenols is 1. The lowest BCUT2D eigenvalue weighted by atomic mass is 10.2. The van der Waals surface area contributed by atoms with Crippen molar-refractivity contribution >= 4 is 56.5 Å². The van der Waals surface area contributed by atoms with Gasteiger partial charge in [-0.05, 0) is 30.6 Å². The Morgan fingerprint density at radius 1 is 1.22 bits per heavy atom. The fourth-order valence-electron chi connectivity index (χ4n) is 1.84. The molecule has 0 saturated heterocycles. The predicted molar refractivity (Wildman–Crippen MR) is 89.2 cm³/mol. The van der Waals surface area contributed by atoms with Crippen LogP contribution in [0, 0.1) is 18.3 Å². The summed E-state index contributed by atoms with van der Waals surface area (Å²) in [5.41, 5.74) is 1.90. The third-order valence-corrected chi connectivity index (χ3v) is 4.37. The van der Waals surface area contributed by atoms with Gasteiger partial charge in [0.05, 0.1) is 26.7 Å². The van der Waals surface area contributed by atoms with Crippen molar-refractivity contribution in [2.24, 2.45) is 10.2 Å². The van der Waals surface area contributed by atoms with E-state index in [0.29, 0.717) is 33.0 Å². The molecule has 0 aliphatic rings. The lowest BCUT2D eigenvalue weighted by Crippen LogP contribution is -1.87. The van der Waals surface area contributed by atoms with Gasteiger partial charge in [-0.1, -0.05) is 23.2 Å². The number of phenolic OH excluding ortho intramolecular Hbond substituents is 1. The third kappa shape index (κ3) is 2.97. The number of aromatic hydroxyl groups is 1. The topological polar surface area (TPSA) is 94.5 Å². The number of nitriles is 1.